The number of hydrogen-bond donors (Lipinski definition) is 4. The Labute approximate surface area is 133 Å². The Kier molecular flexibility index (Phi) is 3.77. The number of aryl methyl sites for hydroxylation is 1. The number of nitrogens with one attached hydrogen (secondary N) is 2. The van der Waals surface area contributed by atoms with Gasteiger partial charge in [-0.3, -0.25) is 10.2 Å². The Bertz CT molecular complexity index is 779. The van der Waals surface area contributed by atoms with Gasteiger partial charge in [-0.1, -0.05) is 23.8 Å². The summed E-state index contributed by atoms with van der Waals surface area (Å²) in [6, 6.07) is 11.4. The summed E-state index contributed by atoms with van der Waals surface area (Å²) in [4.78, 5) is 25.1. The summed E-state index contributed by atoms with van der Waals surface area (Å²) in [5.74, 6) is 4.63. The SMILES string of the molecule is Cc1ccc(N2B(O)c3ccc(C(=O)NN)cc3NC2=O)cc1. The van der Waals surface area contributed by atoms with E-state index in [0.717, 1.165) is 5.56 Å². The molecule has 0 unspecified atom stereocenters. The Hall–Kier alpha value is -2.84. The van der Waals surface area contributed by atoms with Gasteiger partial charge in [0.05, 0.1) is 0 Å². The summed E-state index contributed by atoms with van der Waals surface area (Å²) < 4.78 is 0. The molecular formula is C15H15BN4O3. The van der Waals surface area contributed by atoms with E-state index >= 15 is 0 Å². The Morgan fingerprint density at radius 1 is 1.26 bits per heavy atom. The zero-order chi connectivity index (χ0) is 16.6. The summed E-state index contributed by atoms with van der Waals surface area (Å²) in [6.45, 7) is 1.94. The number of urea groups is 1. The lowest BCUT2D eigenvalue weighted by Gasteiger charge is -2.32. The molecule has 116 valence electrons. The Balaban J connectivity index is 1.99. The number of nitrogens with zero attached hydrogens (tertiary/aromatic N) is 1. The van der Waals surface area contributed by atoms with Gasteiger partial charge in [-0.2, -0.15) is 0 Å². The maximum Gasteiger partial charge on any atom is 0.459 e. The molecule has 1 heterocycles. The van der Waals surface area contributed by atoms with Gasteiger partial charge in [0, 0.05) is 16.9 Å². The summed E-state index contributed by atoms with van der Waals surface area (Å²) in [5, 5.41) is 13.2. The molecule has 0 aliphatic carbocycles. The van der Waals surface area contributed by atoms with Crippen molar-refractivity contribution in [3.05, 3.63) is 53.6 Å². The minimum atomic E-state index is -1.14. The van der Waals surface area contributed by atoms with E-state index in [1.165, 1.54) is 16.9 Å². The van der Waals surface area contributed by atoms with Gasteiger partial charge in [0.15, 0.2) is 0 Å². The van der Waals surface area contributed by atoms with Crippen molar-refractivity contribution in [1.82, 2.24) is 5.43 Å². The number of carbonyl (C=O) groups is 2. The van der Waals surface area contributed by atoms with Crippen molar-refractivity contribution in [2.24, 2.45) is 5.84 Å². The monoisotopic (exact) mass is 310 g/mol. The van der Waals surface area contributed by atoms with Crippen LogP contribution in [-0.4, -0.2) is 24.0 Å². The van der Waals surface area contributed by atoms with Gasteiger partial charge in [-0.15, -0.1) is 0 Å². The van der Waals surface area contributed by atoms with E-state index in [4.69, 9.17) is 5.84 Å². The molecule has 2 aromatic carbocycles. The first-order chi connectivity index (χ1) is 11.0. The van der Waals surface area contributed by atoms with Crippen molar-refractivity contribution in [3.63, 3.8) is 0 Å². The third-order valence-corrected chi connectivity index (χ3v) is 3.74. The van der Waals surface area contributed by atoms with Crippen LogP contribution in [0.2, 0.25) is 0 Å². The fraction of sp³-hybridized carbons (Fsp3) is 0.0667. The highest BCUT2D eigenvalue weighted by Crippen LogP contribution is 2.22. The summed E-state index contributed by atoms with van der Waals surface area (Å²) in [7, 11) is -1.14. The van der Waals surface area contributed by atoms with Crippen LogP contribution in [0.25, 0.3) is 0 Å². The zero-order valence-electron chi connectivity index (χ0n) is 12.4. The number of rotatable bonds is 2. The van der Waals surface area contributed by atoms with Crippen molar-refractivity contribution >= 4 is 35.8 Å². The number of nitrogens with two attached hydrogens (primary N) is 1. The molecule has 0 atom stereocenters. The normalized spacial score (nSPS) is 13.4. The molecule has 23 heavy (non-hydrogen) atoms. The van der Waals surface area contributed by atoms with E-state index in [2.05, 4.69) is 5.32 Å². The number of carbonyl (C=O) groups excluding carboxylic acids is 2. The fourth-order valence-corrected chi connectivity index (χ4v) is 2.50. The molecule has 5 N–H and O–H groups in total. The van der Waals surface area contributed by atoms with Crippen LogP contribution in [0.4, 0.5) is 16.2 Å². The molecule has 1 aliphatic heterocycles. The molecule has 0 saturated heterocycles. The van der Waals surface area contributed by atoms with Crippen LogP contribution in [0.5, 0.6) is 0 Å². The number of nitrogen functional groups attached to an aromatic ring is 1. The molecule has 3 rings (SSSR count). The molecule has 2 aromatic rings. The molecule has 0 spiro atoms. The minimum absolute atomic E-state index is 0.294. The summed E-state index contributed by atoms with van der Waals surface area (Å²) in [6.07, 6.45) is 0. The lowest BCUT2D eigenvalue weighted by molar-refractivity contribution is 0.0953. The Morgan fingerprint density at radius 2 is 1.96 bits per heavy atom. The van der Waals surface area contributed by atoms with Crippen LogP contribution >= 0.6 is 0 Å². The molecule has 0 aromatic heterocycles. The van der Waals surface area contributed by atoms with Crippen LogP contribution in [0.3, 0.4) is 0 Å². The first-order valence-corrected chi connectivity index (χ1v) is 7.01. The largest absolute Gasteiger partial charge is 0.459 e. The number of anilines is 2. The third kappa shape index (κ3) is 2.65. The highest BCUT2D eigenvalue weighted by Gasteiger charge is 2.37. The predicted molar refractivity (Wildman–Crippen MR) is 88.4 cm³/mol. The van der Waals surface area contributed by atoms with Gasteiger partial charge < -0.3 is 15.2 Å². The summed E-state index contributed by atoms with van der Waals surface area (Å²) >= 11 is 0. The molecule has 1 aliphatic rings. The van der Waals surface area contributed by atoms with Crippen molar-refractivity contribution < 1.29 is 14.6 Å². The second kappa shape index (κ2) is 5.75. The zero-order valence-corrected chi connectivity index (χ0v) is 12.4. The van der Waals surface area contributed by atoms with E-state index in [1.807, 2.05) is 24.5 Å². The van der Waals surface area contributed by atoms with Gasteiger partial charge in [-0.05, 0) is 36.7 Å². The van der Waals surface area contributed by atoms with Gasteiger partial charge in [-0.25, -0.2) is 10.6 Å². The Morgan fingerprint density at radius 3 is 2.61 bits per heavy atom. The minimum Gasteiger partial charge on any atom is -0.428 e. The van der Waals surface area contributed by atoms with E-state index in [0.29, 0.717) is 22.4 Å². The molecule has 7 nitrogen and oxygen atoms in total. The molecule has 8 heteroatoms. The average Bonchev–Trinajstić information content (AvgIpc) is 2.55. The second-order valence-electron chi connectivity index (χ2n) is 5.28. The van der Waals surface area contributed by atoms with Gasteiger partial charge >= 0.3 is 13.1 Å². The number of benzene rings is 2. The van der Waals surface area contributed by atoms with E-state index in [1.54, 1.807) is 18.2 Å². The molecule has 0 radical (unpaired) electrons. The van der Waals surface area contributed by atoms with Crippen molar-refractivity contribution in [1.29, 1.82) is 0 Å². The van der Waals surface area contributed by atoms with Gasteiger partial charge in [0.1, 0.15) is 0 Å². The maximum atomic E-state index is 12.3. The number of hydrazine groups is 1. The van der Waals surface area contributed by atoms with E-state index in [9.17, 15) is 14.6 Å². The van der Waals surface area contributed by atoms with Gasteiger partial charge in [0.25, 0.3) is 5.91 Å². The fourth-order valence-electron chi connectivity index (χ4n) is 2.50. The predicted octanol–water partition coefficient (Wildman–Crippen LogP) is 0.338. The van der Waals surface area contributed by atoms with Crippen LogP contribution in [-0.2, 0) is 0 Å². The first kappa shape index (κ1) is 15.1. The molecule has 0 fully saturated rings. The van der Waals surface area contributed by atoms with Crippen molar-refractivity contribution in [2.75, 3.05) is 10.1 Å². The highest BCUT2D eigenvalue weighted by molar-refractivity contribution is 6.76. The average molecular weight is 310 g/mol. The van der Waals surface area contributed by atoms with Crippen molar-refractivity contribution in [2.45, 2.75) is 6.92 Å². The van der Waals surface area contributed by atoms with Gasteiger partial charge in [0.2, 0.25) is 0 Å². The molecular weight excluding hydrogens is 295 g/mol. The lowest BCUT2D eigenvalue weighted by Crippen LogP contribution is -2.58. The lowest BCUT2D eigenvalue weighted by atomic mass is 9.68. The van der Waals surface area contributed by atoms with E-state index < -0.39 is 19.0 Å². The standard InChI is InChI=1S/C15H15BN4O3/c1-9-2-5-11(6-3-9)20-15(22)18-13-8-10(14(21)19-17)4-7-12(13)16(20)23/h2-8,23H,17H2,1H3,(H,18,22)(H,19,21). The highest BCUT2D eigenvalue weighted by atomic mass is 16.2. The molecule has 0 bridgehead atoms. The second-order valence-corrected chi connectivity index (χ2v) is 5.28. The molecule has 3 amide bonds. The van der Waals surface area contributed by atoms with Crippen LogP contribution in [0.1, 0.15) is 15.9 Å². The summed E-state index contributed by atoms with van der Waals surface area (Å²) in [5.41, 5.74) is 4.83. The van der Waals surface area contributed by atoms with Crippen LogP contribution in [0.15, 0.2) is 42.5 Å². The van der Waals surface area contributed by atoms with Crippen LogP contribution in [0, 0.1) is 6.92 Å². The number of fused-ring (bicyclic) bond motifs is 1. The first-order valence-electron chi connectivity index (χ1n) is 7.01. The smallest absolute Gasteiger partial charge is 0.428 e. The number of hydrogen-bond acceptors (Lipinski definition) is 4. The third-order valence-electron chi connectivity index (χ3n) is 3.74. The maximum absolute atomic E-state index is 12.3. The number of amides is 3. The van der Waals surface area contributed by atoms with Crippen molar-refractivity contribution in [3.8, 4) is 0 Å². The van der Waals surface area contributed by atoms with Crippen LogP contribution < -0.4 is 26.9 Å². The van der Waals surface area contributed by atoms with E-state index in [-0.39, 0.29) is 0 Å². The topological polar surface area (TPSA) is 108 Å². The quantitative estimate of drug-likeness (QED) is 0.278. The molecule has 0 saturated carbocycles.